The maximum Gasteiger partial charge on any atom is 0.346 e. The van der Waals surface area contributed by atoms with Gasteiger partial charge < -0.3 is 14.2 Å². The Balaban J connectivity index is 1.99. The summed E-state index contributed by atoms with van der Waals surface area (Å²) >= 11 is 0. The predicted molar refractivity (Wildman–Crippen MR) is 85.6 cm³/mol. The molecule has 0 N–H and O–H groups in total. The van der Waals surface area contributed by atoms with Crippen LogP contribution in [0.4, 0.5) is 0 Å². The van der Waals surface area contributed by atoms with Gasteiger partial charge in [0, 0.05) is 12.7 Å². The van der Waals surface area contributed by atoms with E-state index in [2.05, 4.69) is 0 Å². The predicted octanol–water partition coefficient (Wildman–Crippen LogP) is 2.12. The monoisotopic (exact) mass is 340 g/mol. The van der Waals surface area contributed by atoms with Crippen molar-refractivity contribution < 1.29 is 28.5 Å². The van der Waals surface area contributed by atoms with Crippen molar-refractivity contribution in [2.24, 2.45) is 0 Å². The first-order chi connectivity index (χ1) is 12.1. The van der Waals surface area contributed by atoms with Crippen molar-refractivity contribution in [3.8, 4) is 0 Å². The molecule has 0 aromatic heterocycles. The average molecular weight is 340 g/mol. The molecule has 2 aromatic rings. The Hall–Kier alpha value is -2.54. The van der Waals surface area contributed by atoms with Gasteiger partial charge in [0.05, 0.1) is 12.7 Å². The molecule has 2 aliphatic heterocycles. The molecule has 0 unspecified atom stereocenters. The summed E-state index contributed by atoms with van der Waals surface area (Å²) in [5.41, 5.74) is -0.447. The fourth-order valence-corrected chi connectivity index (χ4v) is 3.50. The van der Waals surface area contributed by atoms with Gasteiger partial charge in [0.15, 0.2) is 11.9 Å². The molecule has 0 saturated carbocycles. The molecule has 0 aliphatic carbocycles. The molecule has 2 aliphatic rings. The van der Waals surface area contributed by atoms with Crippen LogP contribution >= 0.6 is 0 Å². The number of methoxy groups -OCH3 is 2. The Morgan fingerprint density at radius 1 is 1.04 bits per heavy atom. The van der Waals surface area contributed by atoms with Crippen molar-refractivity contribution >= 4 is 11.8 Å². The lowest BCUT2D eigenvalue weighted by molar-refractivity contribution is -0.351. The van der Waals surface area contributed by atoms with Gasteiger partial charge in [-0.25, -0.2) is 4.79 Å². The molecule has 0 spiro atoms. The van der Waals surface area contributed by atoms with Crippen molar-refractivity contribution in [3.63, 3.8) is 0 Å². The van der Waals surface area contributed by atoms with Gasteiger partial charge >= 0.3 is 11.9 Å². The van der Waals surface area contributed by atoms with E-state index in [1.165, 1.54) is 14.2 Å². The number of rotatable bonds is 3. The van der Waals surface area contributed by atoms with E-state index in [1.54, 1.807) is 54.6 Å². The molecule has 128 valence electrons. The first kappa shape index (κ1) is 16.0. The van der Waals surface area contributed by atoms with Crippen molar-refractivity contribution in [2.75, 3.05) is 14.2 Å². The first-order valence-corrected chi connectivity index (χ1v) is 7.80. The second-order valence-corrected chi connectivity index (χ2v) is 5.86. The zero-order valence-corrected chi connectivity index (χ0v) is 13.7. The second kappa shape index (κ2) is 5.49. The molecule has 6 nitrogen and oxygen atoms in total. The summed E-state index contributed by atoms with van der Waals surface area (Å²) in [6.07, 6.45) is -1.21. The maximum atomic E-state index is 13.1. The standard InChI is InChI=1S/C19H16O6/c1-22-17(21)18(12-8-4-3-5-9-12)16-15(20)13-10-6-7-11-14(13)19(23-2,24-16)25-18/h3-11,16H,1-2H3/t16-,18-,19+/m1/s1. The number of benzene rings is 2. The minimum atomic E-state index is -1.75. The summed E-state index contributed by atoms with van der Waals surface area (Å²) in [4.78, 5) is 25.9. The van der Waals surface area contributed by atoms with E-state index in [4.69, 9.17) is 18.9 Å². The minimum Gasteiger partial charge on any atom is -0.467 e. The lowest BCUT2D eigenvalue weighted by Crippen LogP contribution is -2.49. The number of ketones is 1. The fraction of sp³-hybridized carbons (Fsp3) is 0.263. The zero-order chi connectivity index (χ0) is 17.7. The molecule has 6 heteroatoms. The van der Waals surface area contributed by atoms with Crippen LogP contribution < -0.4 is 0 Å². The van der Waals surface area contributed by atoms with E-state index in [9.17, 15) is 9.59 Å². The summed E-state index contributed by atoms with van der Waals surface area (Å²) < 4.78 is 22.5. The smallest absolute Gasteiger partial charge is 0.346 e. The van der Waals surface area contributed by atoms with Crippen molar-refractivity contribution in [1.29, 1.82) is 0 Å². The quantitative estimate of drug-likeness (QED) is 0.797. The van der Waals surface area contributed by atoms with Crippen LogP contribution in [0.1, 0.15) is 21.5 Å². The molecule has 2 heterocycles. The maximum absolute atomic E-state index is 13.1. The lowest BCUT2D eigenvalue weighted by Gasteiger charge is -2.30. The van der Waals surface area contributed by atoms with Crippen LogP contribution in [0.5, 0.6) is 0 Å². The SMILES string of the molecule is COC(=O)[C@]1(c2ccccc2)O[C@@]2(OC)O[C@@H]1C(=O)c1ccccc12. The number of hydrogen-bond donors (Lipinski definition) is 0. The number of esters is 1. The number of carbonyl (C=O) groups excluding carboxylic acids is 2. The third-order valence-electron chi connectivity index (χ3n) is 4.66. The highest BCUT2D eigenvalue weighted by Gasteiger charge is 2.70. The lowest BCUT2D eigenvalue weighted by atomic mass is 9.83. The summed E-state index contributed by atoms with van der Waals surface area (Å²) in [6.45, 7) is 0. The average Bonchev–Trinajstić information content (AvgIpc) is 3.01. The third-order valence-corrected chi connectivity index (χ3v) is 4.66. The molecule has 2 aromatic carbocycles. The summed E-state index contributed by atoms with van der Waals surface area (Å²) in [5.74, 6) is -2.72. The van der Waals surface area contributed by atoms with Crippen molar-refractivity contribution in [3.05, 3.63) is 71.3 Å². The topological polar surface area (TPSA) is 71.1 Å². The van der Waals surface area contributed by atoms with E-state index >= 15 is 0 Å². The molecule has 2 bridgehead atoms. The zero-order valence-electron chi connectivity index (χ0n) is 13.7. The molecule has 3 atom stereocenters. The van der Waals surface area contributed by atoms with Crippen LogP contribution in [0, 0.1) is 0 Å². The molecular weight excluding hydrogens is 324 g/mol. The summed E-state index contributed by atoms with van der Waals surface area (Å²) in [6, 6.07) is 15.6. The van der Waals surface area contributed by atoms with Crippen LogP contribution in [-0.2, 0) is 35.3 Å². The van der Waals surface area contributed by atoms with E-state index in [0.29, 0.717) is 16.7 Å². The van der Waals surface area contributed by atoms with Gasteiger partial charge in [0.2, 0.25) is 5.60 Å². The van der Waals surface area contributed by atoms with Gasteiger partial charge in [0.25, 0.3) is 0 Å². The van der Waals surface area contributed by atoms with Gasteiger partial charge in [-0.15, -0.1) is 0 Å². The van der Waals surface area contributed by atoms with Crippen LogP contribution in [0.2, 0.25) is 0 Å². The number of Topliss-reactive ketones (excluding diaryl/α,β-unsaturated/α-hetero) is 1. The van der Waals surface area contributed by atoms with Crippen LogP contribution in [-0.4, -0.2) is 32.1 Å². The van der Waals surface area contributed by atoms with E-state index in [1.807, 2.05) is 0 Å². The molecule has 25 heavy (non-hydrogen) atoms. The highest BCUT2D eigenvalue weighted by Crippen LogP contribution is 2.54. The molecule has 1 fully saturated rings. The highest BCUT2D eigenvalue weighted by atomic mass is 16.9. The Labute approximate surface area is 144 Å². The minimum absolute atomic E-state index is 0.352. The van der Waals surface area contributed by atoms with E-state index in [-0.39, 0.29) is 5.78 Å². The largest absolute Gasteiger partial charge is 0.467 e. The molecule has 0 amide bonds. The summed E-state index contributed by atoms with van der Waals surface area (Å²) in [7, 11) is 2.65. The molecule has 0 radical (unpaired) electrons. The van der Waals surface area contributed by atoms with Crippen molar-refractivity contribution in [2.45, 2.75) is 17.7 Å². The third kappa shape index (κ3) is 1.96. The Morgan fingerprint density at radius 2 is 1.72 bits per heavy atom. The number of fused-ring (bicyclic) bond motifs is 4. The molecule has 1 saturated heterocycles. The second-order valence-electron chi connectivity index (χ2n) is 5.86. The fourth-order valence-electron chi connectivity index (χ4n) is 3.50. The van der Waals surface area contributed by atoms with Crippen molar-refractivity contribution in [1.82, 2.24) is 0 Å². The Kier molecular flexibility index (Phi) is 3.50. The van der Waals surface area contributed by atoms with Crippen LogP contribution in [0.25, 0.3) is 0 Å². The van der Waals surface area contributed by atoms with Gasteiger partial charge in [-0.3, -0.25) is 9.53 Å². The van der Waals surface area contributed by atoms with E-state index < -0.39 is 23.6 Å². The van der Waals surface area contributed by atoms with E-state index in [0.717, 1.165) is 0 Å². The van der Waals surface area contributed by atoms with Gasteiger partial charge in [-0.1, -0.05) is 54.6 Å². The normalized spacial score (nSPS) is 30.0. The number of hydrogen-bond acceptors (Lipinski definition) is 6. The highest BCUT2D eigenvalue weighted by molar-refractivity contribution is 6.06. The molecular formula is C19H16O6. The molecule has 4 rings (SSSR count). The van der Waals surface area contributed by atoms with Gasteiger partial charge in [-0.2, -0.15) is 0 Å². The van der Waals surface area contributed by atoms with Gasteiger partial charge in [-0.05, 0) is 5.56 Å². The van der Waals surface area contributed by atoms with Gasteiger partial charge in [0.1, 0.15) is 0 Å². The number of carbonyl (C=O) groups is 2. The Bertz CT molecular complexity index is 848. The Morgan fingerprint density at radius 3 is 2.40 bits per heavy atom. The van der Waals surface area contributed by atoms with Crippen LogP contribution in [0.15, 0.2) is 54.6 Å². The summed E-state index contributed by atoms with van der Waals surface area (Å²) in [5, 5.41) is 0. The first-order valence-electron chi connectivity index (χ1n) is 7.80. The number of ether oxygens (including phenoxy) is 4. The van der Waals surface area contributed by atoms with Crippen LogP contribution in [0.3, 0.4) is 0 Å².